The van der Waals surface area contributed by atoms with Crippen molar-refractivity contribution < 1.29 is 0 Å². The summed E-state index contributed by atoms with van der Waals surface area (Å²) in [7, 11) is 0. The van der Waals surface area contributed by atoms with E-state index >= 15 is 0 Å². The van der Waals surface area contributed by atoms with E-state index < -0.39 is 0 Å². The predicted molar refractivity (Wildman–Crippen MR) is 151 cm³/mol. The lowest BCUT2D eigenvalue weighted by molar-refractivity contribution is 0.640. The maximum absolute atomic E-state index is 5.95. The summed E-state index contributed by atoms with van der Waals surface area (Å²) in [6.07, 6.45) is 4.13. The molecule has 0 aliphatic rings. The number of benzene rings is 4. The van der Waals surface area contributed by atoms with Gasteiger partial charge in [0.1, 0.15) is 0 Å². The topological polar surface area (TPSA) is 52.0 Å². The lowest BCUT2D eigenvalue weighted by Gasteiger charge is -2.26. The van der Waals surface area contributed by atoms with E-state index in [4.69, 9.17) is 11.5 Å². The average molecular weight is 463 g/mol. The molecule has 0 saturated heterocycles. The second-order valence-electron chi connectivity index (χ2n) is 10.4. The molecule has 4 aromatic rings. The summed E-state index contributed by atoms with van der Waals surface area (Å²) in [4.78, 5) is 0. The Hall–Kier alpha value is -3.52. The largest absolute Gasteiger partial charge is 0.399 e. The Kier molecular flexibility index (Phi) is 7.31. The summed E-state index contributed by atoms with van der Waals surface area (Å²) >= 11 is 0. The van der Waals surface area contributed by atoms with Crippen LogP contribution >= 0.6 is 0 Å². The monoisotopic (exact) mass is 462 g/mol. The van der Waals surface area contributed by atoms with Crippen molar-refractivity contribution in [2.75, 3.05) is 11.5 Å². The molecule has 0 atom stereocenters. The van der Waals surface area contributed by atoms with Crippen LogP contribution in [0.15, 0.2) is 84.9 Å². The summed E-state index contributed by atoms with van der Waals surface area (Å²) in [5.41, 5.74) is 24.0. The molecule has 0 aliphatic carbocycles. The Morgan fingerprint density at radius 1 is 0.486 bits per heavy atom. The molecular weight excluding hydrogens is 424 g/mol. The van der Waals surface area contributed by atoms with Crippen LogP contribution in [0.3, 0.4) is 0 Å². The Balaban J connectivity index is 1.38. The molecule has 2 heteroatoms. The van der Waals surface area contributed by atoms with Gasteiger partial charge in [0, 0.05) is 16.8 Å². The van der Waals surface area contributed by atoms with Gasteiger partial charge in [-0.05, 0) is 96.2 Å². The highest BCUT2D eigenvalue weighted by atomic mass is 14.6. The fourth-order valence-corrected chi connectivity index (χ4v) is 4.71. The van der Waals surface area contributed by atoms with E-state index in [1.165, 1.54) is 33.4 Å². The first-order valence-electron chi connectivity index (χ1n) is 12.6. The van der Waals surface area contributed by atoms with Gasteiger partial charge >= 0.3 is 0 Å². The molecule has 4 N–H and O–H groups in total. The third kappa shape index (κ3) is 5.95. The summed E-state index contributed by atoms with van der Waals surface area (Å²) in [6.45, 7) is 8.77. The zero-order chi connectivity index (χ0) is 25.0. The molecule has 0 aliphatic heterocycles. The van der Waals surface area contributed by atoms with E-state index in [9.17, 15) is 0 Å². The average Bonchev–Trinajstić information content (AvgIpc) is 2.86. The van der Waals surface area contributed by atoms with Crippen LogP contribution in [-0.2, 0) is 31.1 Å². The molecule has 4 rings (SSSR count). The molecule has 0 amide bonds. The molecule has 0 saturated carbocycles. The molecule has 0 aromatic heterocycles. The van der Waals surface area contributed by atoms with Crippen molar-refractivity contribution in [2.45, 2.75) is 58.8 Å². The first-order chi connectivity index (χ1) is 16.7. The standard InChI is InChI=1S/C33H38N2/c1-23-21-27(13-19-31(23)34)7-5-25-9-15-29(16-10-25)33(3,4)30-17-11-26(12-18-30)6-8-28-14-20-32(35)24(2)22-28/h9-22H,5-8,34-35H2,1-4H3. The van der Waals surface area contributed by atoms with Crippen LogP contribution in [0, 0.1) is 13.8 Å². The molecule has 0 fully saturated rings. The van der Waals surface area contributed by atoms with Crippen LogP contribution in [0.4, 0.5) is 11.4 Å². The number of hydrogen-bond acceptors (Lipinski definition) is 2. The van der Waals surface area contributed by atoms with Crippen molar-refractivity contribution in [1.29, 1.82) is 0 Å². The zero-order valence-corrected chi connectivity index (χ0v) is 21.6. The second-order valence-corrected chi connectivity index (χ2v) is 10.4. The van der Waals surface area contributed by atoms with Crippen molar-refractivity contribution in [2.24, 2.45) is 0 Å². The number of anilines is 2. The SMILES string of the molecule is Cc1cc(CCc2ccc(C(C)(C)c3ccc(CCc4ccc(N)c(C)c4)cc3)cc2)ccc1N. The van der Waals surface area contributed by atoms with Crippen molar-refractivity contribution in [3.05, 3.63) is 129 Å². The van der Waals surface area contributed by atoms with Gasteiger partial charge in [0.15, 0.2) is 0 Å². The smallest absolute Gasteiger partial charge is 0.0343 e. The molecule has 35 heavy (non-hydrogen) atoms. The minimum absolute atomic E-state index is 0.0425. The minimum Gasteiger partial charge on any atom is -0.399 e. The Morgan fingerprint density at radius 2 is 0.800 bits per heavy atom. The van der Waals surface area contributed by atoms with E-state index in [0.29, 0.717) is 0 Å². The third-order valence-electron chi connectivity index (χ3n) is 7.42. The van der Waals surface area contributed by atoms with Gasteiger partial charge in [-0.1, -0.05) is 86.6 Å². The first kappa shape index (κ1) is 24.6. The molecule has 0 bridgehead atoms. The molecule has 0 spiro atoms. The molecule has 180 valence electrons. The Bertz CT molecular complexity index is 1180. The number of nitrogen functional groups attached to an aromatic ring is 2. The van der Waals surface area contributed by atoms with Gasteiger partial charge in [0.25, 0.3) is 0 Å². The van der Waals surface area contributed by atoms with E-state index in [1.807, 2.05) is 12.1 Å². The van der Waals surface area contributed by atoms with E-state index in [2.05, 4.69) is 100 Å². The maximum Gasteiger partial charge on any atom is 0.0343 e. The van der Waals surface area contributed by atoms with Crippen molar-refractivity contribution >= 4 is 11.4 Å². The van der Waals surface area contributed by atoms with Gasteiger partial charge in [-0.2, -0.15) is 0 Å². The maximum atomic E-state index is 5.95. The predicted octanol–water partition coefficient (Wildman–Crippen LogP) is 7.36. The van der Waals surface area contributed by atoms with Crippen LogP contribution in [0.5, 0.6) is 0 Å². The van der Waals surface area contributed by atoms with Gasteiger partial charge in [0.05, 0.1) is 0 Å². The van der Waals surface area contributed by atoms with Gasteiger partial charge in [-0.25, -0.2) is 0 Å². The van der Waals surface area contributed by atoms with Crippen molar-refractivity contribution in [1.82, 2.24) is 0 Å². The number of rotatable bonds is 8. The third-order valence-corrected chi connectivity index (χ3v) is 7.42. The van der Waals surface area contributed by atoms with E-state index in [0.717, 1.165) is 48.2 Å². The van der Waals surface area contributed by atoms with Crippen LogP contribution in [-0.4, -0.2) is 0 Å². The quantitative estimate of drug-likeness (QED) is 0.269. The van der Waals surface area contributed by atoms with Crippen LogP contribution in [0.1, 0.15) is 58.4 Å². The number of aryl methyl sites for hydroxylation is 6. The molecule has 4 aromatic carbocycles. The first-order valence-corrected chi connectivity index (χ1v) is 12.6. The lowest BCUT2D eigenvalue weighted by atomic mass is 9.77. The summed E-state index contributed by atoms with van der Waals surface area (Å²) in [6, 6.07) is 31.0. The van der Waals surface area contributed by atoms with Crippen molar-refractivity contribution in [3.8, 4) is 0 Å². The summed E-state index contributed by atoms with van der Waals surface area (Å²) in [5, 5.41) is 0. The van der Waals surface area contributed by atoms with E-state index in [1.54, 1.807) is 0 Å². The van der Waals surface area contributed by atoms with Gasteiger partial charge in [-0.15, -0.1) is 0 Å². The molecular formula is C33H38N2. The molecule has 2 nitrogen and oxygen atoms in total. The molecule has 0 radical (unpaired) electrons. The highest BCUT2D eigenvalue weighted by Gasteiger charge is 2.22. The number of hydrogen-bond donors (Lipinski definition) is 2. The summed E-state index contributed by atoms with van der Waals surface area (Å²) in [5.74, 6) is 0. The lowest BCUT2D eigenvalue weighted by Crippen LogP contribution is -2.18. The van der Waals surface area contributed by atoms with Crippen LogP contribution in [0.25, 0.3) is 0 Å². The zero-order valence-electron chi connectivity index (χ0n) is 21.6. The van der Waals surface area contributed by atoms with Gasteiger partial charge in [0.2, 0.25) is 0 Å². The molecule has 0 unspecified atom stereocenters. The highest BCUT2D eigenvalue weighted by molar-refractivity contribution is 5.49. The van der Waals surface area contributed by atoms with Crippen molar-refractivity contribution in [3.63, 3.8) is 0 Å². The summed E-state index contributed by atoms with van der Waals surface area (Å²) < 4.78 is 0. The highest BCUT2D eigenvalue weighted by Crippen LogP contribution is 2.32. The fraction of sp³-hybridized carbons (Fsp3) is 0.273. The Labute approximate surface area is 211 Å². The van der Waals surface area contributed by atoms with Crippen LogP contribution in [0.2, 0.25) is 0 Å². The minimum atomic E-state index is -0.0425. The van der Waals surface area contributed by atoms with E-state index in [-0.39, 0.29) is 5.41 Å². The van der Waals surface area contributed by atoms with Crippen LogP contribution < -0.4 is 11.5 Å². The van der Waals surface area contributed by atoms with Gasteiger partial charge in [-0.3, -0.25) is 0 Å². The second kappa shape index (κ2) is 10.4. The normalized spacial score (nSPS) is 11.5. The Morgan fingerprint density at radius 3 is 1.14 bits per heavy atom. The number of nitrogens with two attached hydrogens (primary N) is 2. The van der Waals surface area contributed by atoms with Gasteiger partial charge < -0.3 is 11.5 Å². The fourth-order valence-electron chi connectivity index (χ4n) is 4.71. The molecule has 0 heterocycles.